The molecule has 0 aromatic heterocycles. The monoisotopic (exact) mass is 298 g/mol. The Bertz CT molecular complexity index is 514. The number of urea groups is 1. The predicted molar refractivity (Wildman–Crippen MR) is 79.4 cm³/mol. The van der Waals surface area contributed by atoms with Crippen LogP contribution in [0.15, 0.2) is 35.2 Å². The number of sulfone groups is 1. The van der Waals surface area contributed by atoms with E-state index >= 15 is 0 Å². The summed E-state index contributed by atoms with van der Waals surface area (Å²) in [5, 5.41) is 5.42. The van der Waals surface area contributed by atoms with Crippen molar-refractivity contribution in [2.45, 2.75) is 37.6 Å². The molecule has 2 amide bonds. The summed E-state index contributed by atoms with van der Waals surface area (Å²) in [6.07, 6.45) is 1.25. The molecular formula is C14H22N2O3S. The molecule has 0 bridgehead atoms. The van der Waals surface area contributed by atoms with E-state index < -0.39 is 9.84 Å². The maximum atomic E-state index is 12.0. The summed E-state index contributed by atoms with van der Waals surface area (Å²) in [4.78, 5) is 11.8. The van der Waals surface area contributed by atoms with Gasteiger partial charge in [0.25, 0.3) is 0 Å². The minimum Gasteiger partial charge on any atom is -0.338 e. The van der Waals surface area contributed by atoms with Crippen molar-refractivity contribution in [3.63, 3.8) is 0 Å². The maximum Gasteiger partial charge on any atom is 0.314 e. The number of benzene rings is 1. The second kappa shape index (κ2) is 7.89. The molecule has 0 aliphatic heterocycles. The van der Waals surface area contributed by atoms with Gasteiger partial charge in [0, 0.05) is 12.6 Å². The van der Waals surface area contributed by atoms with Gasteiger partial charge in [0.05, 0.1) is 10.6 Å². The number of carbonyl (C=O) groups is 1. The van der Waals surface area contributed by atoms with Gasteiger partial charge in [0.15, 0.2) is 9.84 Å². The lowest BCUT2D eigenvalue weighted by molar-refractivity contribution is 0.237. The van der Waals surface area contributed by atoms with Gasteiger partial charge in [-0.15, -0.1) is 0 Å². The van der Waals surface area contributed by atoms with Crippen LogP contribution >= 0.6 is 0 Å². The van der Waals surface area contributed by atoms with Crippen LogP contribution in [0, 0.1) is 0 Å². The van der Waals surface area contributed by atoms with Crippen LogP contribution in [-0.2, 0) is 9.84 Å². The molecular weight excluding hydrogens is 276 g/mol. The van der Waals surface area contributed by atoms with E-state index in [1.54, 1.807) is 30.3 Å². The Morgan fingerprint density at radius 1 is 1.25 bits per heavy atom. The highest BCUT2D eigenvalue weighted by Gasteiger charge is 2.13. The SMILES string of the molecule is CCC(C)NC(=O)NCCCS(=O)(=O)c1ccccc1. The highest BCUT2D eigenvalue weighted by Crippen LogP contribution is 2.10. The molecule has 0 spiro atoms. The lowest BCUT2D eigenvalue weighted by Gasteiger charge is -2.12. The van der Waals surface area contributed by atoms with E-state index in [1.807, 2.05) is 13.8 Å². The molecule has 20 heavy (non-hydrogen) atoms. The van der Waals surface area contributed by atoms with Crippen molar-refractivity contribution in [3.8, 4) is 0 Å². The molecule has 1 rings (SSSR count). The lowest BCUT2D eigenvalue weighted by Crippen LogP contribution is -2.41. The van der Waals surface area contributed by atoms with Gasteiger partial charge >= 0.3 is 6.03 Å². The average molecular weight is 298 g/mol. The highest BCUT2D eigenvalue weighted by molar-refractivity contribution is 7.91. The van der Waals surface area contributed by atoms with Gasteiger partial charge in [-0.05, 0) is 31.9 Å². The molecule has 6 heteroatoms. The Balaban J connectivity index is 2.33. The van der Waals surface area contributed by atoms with Crippen molar-refractivity contribution < 1.29 is 13.2 Å². The summed E-state index contributed by atoms with van der Waals surface area (Å²) in [6, 6.07) is 8.20. The molecule has 112 valence electrons. The number of carbonyl (C=O) groups excluding carboxylic acids is 1. The van der Waals surface area contributed by atoms with Gasteiger partial charge in [-0.3, -0.25) is 0 Å². The second-order valence-electron chi connectivity index (χ2n) is 4.70. The number of amides is 2. The summed E-state index contributed by atoms with van der Waals surface area (Å²) in [5.74, 6) is 0.0284. The Labute approximate surface area is 120 Å². The molecule has 5 nitrogen and oxygen atoms in total. The molecule has 0 aliphatic carbocycles. The Hall–Kier alpha value is -1.56. The Kier molecular flexibility index (Phi) is 6.51. The molecule has 1 aromatic carbocycles. The molecule has 0 radical (unpaired) electrons. The van der Waals surface area contributed by atoms with E-state index in [0.29, 0.717) is 17.9 Å². The normalized spacial score (nSPS) is 12.7. The average Bonchev–Trinajstić information content (AvgIpc) is 2.44. The minimum absolute atomic E-state index is 0.0284. The molecule has 1 atom stereocenters. The van der Waals surface area contributed by atoms with E-state index in [2.05, 4.69) is 10.6 Å². The van der Waals surface area contributed by atoms with Crippen LogP contribution in [0.1, 0.15) is 26.7 Å². The van der Waals surface area contributed by atoms with Gasteiger partial charge < -0.3 is 10.6 Å². The first-order valence-electron chi connectivity index (χ1n) is 6.78. The number of hydrogen-bond acceptors (Lipinski definition) is 3. The van der Waals surface area contributed by atoms with E-state index in [1.165, 1.54) is 0 Å². The van der Waals surface area contributed by atoms with Crippen molar-refractivity contribution in [2.75, 3.05) is 12.3 Å². The van der Waals surface area contributed by atoms with Crippen molar-refractivity contribution in [2.24, 2.45) is 0 Å². The molecule has 0 saturated heterocycles. The second-order valence-corrected chi connectivity index (χ2v) is 6.80. The standard InChI is InChI=1S/C14H22N2O3S/c1-3-12(2)16-14(17)15-10-7-11-20(18,19)13-8-5-4-6-9-13/h4-6,8-9,12H,3,7,10-11H2,1-2H3,(H2,15,16,17). The third-order valence-corrected chi connectivity index (χ3v) is 4.78. The number of rotatable bonds is 7. The first-order chi connectivity index (χ1) is 9.45. The molecule has 0 fully saturated rings. The third kappa shape index (κ3) is 5.61. The number of nitrogens with one attached hydrogen (secondary N) is 2. The summed E-state index contributed by atoms with van der Waals surface area (Å²) >= 11 is 0. The first-order valence-corrected chi connectivity index (χ1v) is 8.43. The van der Waals surface area contributed by atoms with Crippen molar-refractivity contribution in [3.05, 3.63) is 30.3 Å². The quantitative estimate of drug-likeness (QED) is 0.755. The van der Waals surface area contributed by atoms with Gasteiger partial charge in [0.2, 0.25) is 0 Å². The fourth-order valence-corrected chi connectivity index (χ4v) is 2.92. The molecule has 2 N–H and O–H groups in total. The highest BCUT2D eigenvalue weighted by atomic mass is 32.2. The van der Waals surface area contributed by atoms with Gasteiger partial charge in [-0.25, -0.2) is 13.2 Å². The zero-order valence-corrected chi connectivity index (χ0v) is 12.7. The molecule has 1 aromatic rings. The van der Waals surface area contributed by atoms with Crippen LogP contribution < -0.4 is 10.6 Å². The van der Waals surface area contributed by atoms with Crippen LogP contribution in [-0.4, -0.2) is 32.8 Å². The third-order valence-electron chi connectivity index (χ3n) is 2.97. The fraction of sp³-hybridized carbons (Fsp3) is 0.500. The zero-order valence-electron chi connectivity index (χ0n) is 11.9. The Morgan fingerprint density at radius 2 is 1.90 bits per heavy atom. The summed E-state index contributed by atoms with van der Waals surface area (Å²) in [7, 11) is -3.26. The molecule has 0 heterocycles. The maximum absolute atomic E-state index is 12.0. The van der Waals surface area contributed by atoms with Crippen LogP contribution in [0.5, 0.6) is 0 Å². The Morgan fingerprint density at radius 3 is 2.50 bits per heavy atom. The van der Waals surface area contributed by atoms with Crippen LogP contribution in [0.3, 0.4) is 0 Å². The molecule has 0 aliphatic rings. The van der Waals surface area contributed by atoms with Crippen molar-refractivity contribution in [1.82, 2.24) is 10.6 Å². The van der Waals surface area contributed by atoms with E-state index in [4.69, 9.17) is 0 Å². The van der Waals surface area contributed by atoms with Crippen LogP contribution in [0.4, 0.5) is 4.79 Å². The van der Waals surface area contributed by atoms with E-state index in [9.17, 15) is 13.2 Å². The smallest absolute Gasteiger partial charge is 0.314 e. The lowest BCUT2D eigenvalue weighted by atomic mass is 10.3. The van der Waals surface area contributed by atoms with Gasteiger partial charge in [-0.1, -0.05) is 25.1 Å². The molecule has 0 saturated carbocycles. The van der Waals surface area contributed by atoms with Crippen molar-refractivity contribution in [1.29, 1.82) is 0 Å². The first kappa shape index (κ1) is 16.5. The predicted octanol–water partition coefficient (Wildman–Crippen LogP) is 1.95. The molecule has 1 unspecified atom stereocenters. The summed E-state index contributed by atoms with van der Waals surface area (Å²) < 4.78 is 23.9. The summed E-state index contributed by atoms with van der Waals surface area (Å²) in [5.41, 5.74) is 0. The van der Waals surface area contributed by atoms with Gasteiger partial charge in [0.1, 0.15) is 0 Å². The van der Waals surface area contributed by atoms with E-state index in [0.717, 1.165) is 6.42 Å². The van der Waals surface area contributed by atoms with Crippen molar-refractivity contribution >= 4 is 15.9 Å². The minimum atomic E-state index is -3.26. The van der Waals surface area contributed by atoms with Crippen LogP contribution in [0.2, 0.25) is 0 Å². The fourth-order valence-electron chi connectivity index (χ4n) is 1.59. The zero-order chi connectivity index (χ0) is 15.0. The largest absolute Gasteiger partial charge is 0.338 e. The topological polar surface area (TPSA) is 75.3 Å². The van der Waals surface area contributed by atoms with Crippen LogP contribution in [0.25, 0.3) is 0 Å². The number of hydrogen-bond donors (Lipinski definition) is 2. The van der Waals surface area contributed by atoms with E-state index in [-0.39, 0.29) is 17.8 Å². The summed E-state index contributed by atoms with van der Waals surface area (Å²) in [6.45, 7) is 4.24. The van der Waals surface area contributed by atoms with Gasteiger partial charge in [-0.2, -0.15) is 0 Å².